The molecule has 20 heavy (non-hydrogen) atoms. The fraction of sp³-hybridized carbons (Fsp3) is 0.533. The molecule has 1 unspecified atom stereocenters. The molecule has 1 aliphatic carbocycles. The molecule has 1 aromatic carbocycles. The molecule has 1 fully saturated rings. The third-order valence-corrected chi connectivity index (χ3v) is 4.12. The Morgan fingerprint density at radius 3 is 2.85 bits per heavy atom. The zero-order valence-electron chi connectivity index (χ0n) is 11.4. The third-order valence-electron chi connectivity index (χ3n) is 4.12. The van der Waals surface area contributed by atoms with Crippen LogP contribution in [0.2, 0.25) is 0 Å². The van der Waals surface area contributed by atoms with Gasteiger partial charge in [-0.1, -0.05) is 0 Å². The number of likely N-dealkylation sites (tertiary alicyclic amines) is 1. The number of hydrogen-bond donors (Lipinski definition) is 1. The first-order valence-corrected chi connectivity index (χ1v) is 6.91. The number of halogens is 1. The molecule has 0 saturated carbocycles. The van der Waals surface area contributed by atoms with Gasteiger partial charge in [-0.15, -0.1) is 0 Å². The molecule has 1 heterocycles. The van der Waals surface area contributed by atoms with Crippen LogP contribution in [-0.2, 0) is 17.6 Å². The summed E-state index contributed by atoms with van der Waals surface area (Å²) in [4.78, 5) is 12.8. The molecule has 108 valence electrons. The molecular formula is C15H18FNO3. The number of fused-ring (bicyclic) bond motifs is 1. The van der Waals surface area contributed by atoms with Crippen molar-refractivity contribution in [3.63, 3.8) is 0 Å². The van der Waals surface area contributed by atoms with Gasteiger partial charge in [0, 0.05) is 19.6 Å². The van der Waals surface area contributed by atoms with Crippen molar-refractivity contribution in [1.82, 2.24) is 4.90 Å². The minimum absolute atomic E-state index is 0.0378. The van der Waals surface area contributed by atoms with Gasteiger partial charge in [-0.25, -0.2) is 4.39 Å². The summed E-state index contributed by atoms with van der Waals surface area (Å²) in [6, 6.07) is 3.28. The Hall–Kier alpha value is -1.62. The van der Waals surface area contributed by atoms with Crippen LogP contribution in [0, 0.1) is 11.7 Å². The Morgan fingerprint density at radius 2 is 2.20 bits per heavy atom. The van der Waals surface area contributed by atoms with Crippen molar-refractivity contribution in [2.24, 2.45) is 5.92 Å². The van der Waals surface area contributed by atoms with Gasteiger partial charge in [0.05, 0.1) is 13.1 Å². The number of carbonyl (C=O) groups is 1. The van der Waals surface area contributed by atoms with Crippen LogP contribution in [0.25, 0.3) is 0 Å². The molecule has 5 heteroatoms. The van der Waals surface area contributed by atoms with Gasteiger partial charge in [0.15, 0.2) is 0 Å². The van der Waals surface area contributed by atoms with Gasteiger partial charge in [-0.2, -0.15) is 0 Å². The van der Waals surface area contributed by atoms with E-state index in [0.717, 1.165) is 5.56 Å². The summed E-state index contributed by atoms with van der Waals surface area (Å²) in [5, 5.41) is 9.18. The van der Waals surface area contributed by atoms with Gasteiger partial charge in [0.2, 0.25) is 5.91 Å². The molecule has 1 atom stereocenters. The predicted octanol–water partition coefficient (Wildman–Crippen LogP) is 1.14. The third kappa shape index (κ3) is 2.38. The second-order valence-corrected chi connectivity index (χ2v) is 5.66. The lowest BCUT2D eigenvalue weighted by Crippen LogP contribution is -2.55. The van der Waals surface area contributed by atoms with E-state index in [-0.39, 0.29) is 30.4 Å². The van der Waals surface area contributed by atoms with Crippen molar-refractivity contribution in [2.45, 2.75) is 25.9 Å². The fourth-order valence-corrected chi connectivity index (χ4v) is 2.91. The van der Waals surface area contributed by atoms with E-state index in [9.17, 15) is 14.3 Å². The van der Waals surface area contributed by atoms with Gasteiger partial charge in [-0.05, 0) is 36.0 Å². The van der Waals surface area contributed by atoms with Gasteiger partial charge in [0.25, 0.3) is 0 Å². The summed E-state index contributed by atoms with van der Waals surface area (Å²) in [5.74, 6) is 0.423. The lowest BCUT2D eigenvalue weighted by molar-refractivity contribution is -0.137. The van der Waals surface area contributed by atoms with Gasteiger partial charge < -0.3 is 14.7 Å². The number of benzene rings is 1. The number of ether oxygens (including phenoxy) is 1. The summed E-state index contributed by atoms with van der Waals surface area (Å²) in [6.07, 6.45) is 1.25. The molecule has 4 nitrogen and oxygen atoms in total. The quantitative estimate of drug-likeness (QED) is 0.902. The van der Waals surface area contributed by atoms with Crippen LogP contribution in [0.3, 0.4) is 0 Å². The number of aliphatic hydroxyl groups is 1. The fourth-order valence-electron chi connectivity index (χ4n) is 2.91. The van der Waals surface area contributed by atoms with Crippen molar-refractivity contribution in [3.8, 4) is 5.75 Å². The minimum Gasteiger partial charge on any atom is -0.487 e. The molecule has 1 N–H and O–H groups in total. The maximum absolute atomic E-state index is 14.0. The first-order chi connectivity index (χ1) is 9.56. The summed E-state index contributed by atoms with van der Waals surface area (Å²) < 4.78 is 19.7. The smallest absolute Gasteiger partial charge is 0.219 e. The monoisotopic (exact) mass is 279 g/mol. The van der Waals surface area contributed by atoms with Crippen molar-refractivity contribution in [3.05, 3.63) is 29.1 Å². The Bertz CT molecular complexity index is 540. The zero-order valence-corrected chi connectivity index (χ0v) is 11.4. The lowest BCUT2D eigenvalue weighted by atomic mass is 10.1. The number of rotatable bonds is 3. The van der Waals surface area contributed by atoms with Crippen molar-refractivity contribution < 1.29 is 19.0 Å². The van der Waals surface area contributed by atoms with Crippen LogP contribution in [0.4, 0.5) is 4.39 Å². The van der Waals surface area contributed by atoms with Gasteiger partial charge >= 0.3 is 0 Å². The number of hydrogen-bond acceptors (Lipinski definition) is 3. The van der Waals surface area contributed by atoms with Gasteiger partial charge in [-0.3, -0.25) is 4.79 Å². The summed E-state index contributed by atoms with van der Waals surface area (Å²) in [6.45, 7) is 2.74. The van der Waals surface area contributed by atoms with E-state index >= 15 is 0 Å². The molecule has 0 spiro atoms. The number of aliphatic hydroxyl groups excluding tert-OH is 1. The minimum atomic E-state index is -0.254. The lowest BCUT2D eigenvalue weighted by Gasteiger charge is -2.38. The highest BCUT2D eigenvalue weighted by atomic mass is 19.1. The number of amides is 1. The topological polar surface area (TPSA) is 49.8 Å². The predicted molar refractivity (Wildman–Crippen MR) is 71.1 cm³/mol. The van der Waals surface area contributed by atoms with Gasteiger partial charge in [0.1, 0.15) is 17.7 Å². The second-order valence-electron chi connectivity index (χ2n) is 5.66. The molecule has 0 bridgehead atoms. The van der Waals surface area contributed by atoms with Crippen LogP contribution >= 0.6 is 0 Å². The first-order valence-electron chi connectivity index (χ1n) is 6.91. The summed E-state index contributed by atoms with van der Waals surface area (Å²) >= 11 is 0. The van der Waals surface area contributed by atoms with E-state index in [1.807, 2.05) is 6.07 Å². The van der Waals surface area contributed by atoms with E-state index in [2.05, 4.69) is 0 Å². The molecule has 1 aliphatic heterocycles. The summed E-state index contributed by atoms with van der Waals surface area (Å²) in [7, 11) is 0. The van der Waals surface area contributed by atoms with Crippen LogP contribution in [0.15, 0.2) is 12.1 Å². The van der Waals surface area contributed by atoms with Crippen LogP contribution in [0.1, 0.15) is 18.1 Å². The van der Waals surface area contributed by atoms with Crippen molar-refractivity contribution in [1.29, 1.82) is 0 Å². The van der Waals surface area contributed by atoms with E-state index in [1.54, 1.807) is 4.90 Å². The van der Waals surface area contributed by atoms with E-state index < -0.39 is 0 Å². The van der Waals surface area contributed by atoms with E-state index in [0.29, 0.717) is 37.2 Å². The Balaban J connectivity index is 1.68. The SMILES string of the molecule is CC(=O)N1CC(Oc2cc(F)c3c(c2)CC(CO)C3)C1. The standard InChI is InChI=1S/C15H18FNO3/c1-9(19)17-6-13(7-17)20-12-4-11-2-10(8-18)3-14(11)15(16)5-12/h4-5,10,13,18H,2-3,6-8H2,1H3. The molecule has 1 saturated heterocycles. The maximum Gasteiger partial charge on any atom is 0.219 e. The van der Waals surface area contributed by atoms with Crippen LogP contribution < -0.4 is 4.74 Å². The molecule has 0 radical (unpaired) electrons. The van der Waals surface area contributed by atoms with E-state index in [4.69, 9.17) is 4.74 Å². The first kappa shape index (κ1) is 13.4. The maximum atomic E-state index is 14.0. The Morgan fingerprint density at radius 1 is 1.45 bits per heavy atom. The molecule has 1 aromatic rings. The molecule has 1 amide bonds. The normalized spacial score (nSPS) is 21.6. The zero-order chi connectivity index (χ0) is 14.3. The molecule has 3 rings (SSSR count). The van der Waals surface area contributed by atoms with Crippen molar-refractivity contribution in [2.75, 3.05) is 19.7 Å². The highest BCUT2D eigenvalue weighted by molar-refractivity contribution is 5.74. The van der Waals surface area contributed by atoms with Crippen LogP contribution in [0.5, 0.6) is 5.75 Å². The molecule has 2 aliphatic rings. The second kappa shape index (κ2) is 5.05. The average Bonchev–Trinajstić information content (AvgIpc) is 2.76. The Labute approximate surface area is 117 Å². The molecular weight excluding hydrogens is 261 g/mol. The highest BCUT2D eigenvalue weighted by Crippen LogP contribution is 2.33. The number of nitrogens with zero attached hydrogens (tertiary/aromatic N) is 1. The molecule has 0 aromatic heterocycles. The largest absolute Gasteiger partial charge is 0.487 e. The average molecular weight is 279 g/mol. The Kier molecular flexibility index (Phi) is 3.38. The highest BCUT2D eigenvalue weighted by Gasteiger charge is 2.31. The number of carbonyl (C=O) groups excluding carboxylic acids is 1. The van der Waals surface area contributed by atoms with Crippen molar-refractivity contribution >= 4 is 5.91 Å². The summed E-state index contributed by atoms with van der Waals surface area (Å²) in [5.41, 5.74) is 1.64. The van der Waals surface area contributed by atoms with Crippen LogP contribution in [-0.4, -0.2) is 41.7 Å². The van der Waals surface area contributed by atoms with E-state index in [1.165, 1.54) is 13.0 Å².